The molecule has 26 nitrogen and oxygen atoms in total. The molecule has 0 aromatic heterocycles. The fourth-order valence-corrected chi connectivity index (χ4v) is 13.9. The second kappa shape index (κ2) is 42.2. The van der Waals surface area contributed by atoms with Gasteiger partial charge in [0.05, 0.1) is 19.2 Å². The highest BCUT2D eigenvalue weighted by Crippen LogP contribution is 2.36. The molecule has 12 N–H and O–H groups in total. The van der Waals surface area contributed by atoms with Gasteiger partial charge >= 0.3 is 36.6 Å². The monoisotopic (exact) mass is 1630 g/mol. The highest BCUT2D eigenvalue weighted by molar-refractivity contribution is 5.72. The van der Waals surface area contributed by atoms with Gasteiger partial charge in [-0.15, -0.1) is 0 Å². The van der Waals surface area contributed by atoms with Crippen LogP contribution >= 0.6 is 0 Å². The minimum absolute atomic E-state index is 0.107. The first-order chi connectivity index (χ1) is 55.1. The Kier molecular flexibility index (Phi) is 33.9. The Morgan fingerprint density at radius 2 is 0.576 bits per heavy atom. The summed E-state index contributed by atoms with van der Waals surface area (Å²) in [7, 11) is 0. The topological polar surface area (TPSA) is 346 Å². The fraction of sp³-hybridized carbons (Fsp3) is 0.543. The number of hydrogen-bond acceptors (Lipinski definition) is 20. The molecule has 0 bridgehead atoms. The van der Waals surface area contributed by atoms with E-state index in [1.165, 1.54) is 16.7 Å². The molecule has 6 saturated heterocycles. The van der Waals surface area contributed by atoms with E-state index in [4.69, 9.17) is 67.6 Å². The summed E-state index contributed by atoms with van der Waals surface area (Å²) in [6.45, 7) is 43.7. The zero-order chi connectivity index (χ0) is 87.1. The van der Waals surface area contributed by atoms with Crippen LogP contribution in [0.3, 0.4) is 0 Å². The van der Waals surface area contributed by atoms with Gasteiger partial charge in [0.1, 0.15) is 39.7 Å². The van der Waals surface area contributed by atoms with Crippen molar-refractivity contribution >= 4 is 76.4 Å². The first kappa shape index (κ1) is 94.6. The predicted octanol–water partition coefficient (Wildman–Crippen LogP) is 18.0. The Bertz CT molecular complexity index is 3930. The van der Waals surface area contributed by atoms with E-state index in [-0.39, 0.29) is 48.7 Å². The third kappa shape index (κ3) is 33.1. The van der Waals surface area contributed by atoms with Gasteiger partial charge in [0, 0.05) is 130 Å². The highest BCUT2D eigenvalue weighted by Gasteiger charge is 2.36. The van der Waals surface area contributed by atoms with E-state index in [0.29, 0.717) is 56.2 Å². The standard InChI is InChI=1S/2C16H24N2O2.C15H23N3O2.C15H22N2O3.2C15H22N2O2/c1-16(2,3)20-15(19)18-10-8-13(9-11-18)12-4-6-14(17)7-5-12;1-16(2,3)20-15(19)18-10-4-5-13(11-18)12-6-8-14(17)9-7-12;1-15(2,3)20-14(19)18-10-8-17(9-11-18)13-6-4-12(16)5-7-13;1-15(2,3)20-14(18)17-8-9-19-13(10-17)11-4-6-12(16)7-5-11;1-15(2,3)19-14(18)17-9-8-12(10-17)11-4-6-13(16)7-5-11;1-15(2,3)19-14(18)17-10-4-5-13(17)11-6-8-12(16)9-7-11/h4-7,13H,8-11,17H2,1-3H3;6-9,13H,4-5,10-11,17H2,1-3H3;4-7H,8-11,16H2,1-3H3;4-7,13H,8-10,16H2,1-3H3;4-7,12H,8-10,16H2,1-3H3;6-9,13H,4-5,10,16H2,1-3H3. The number of morpholine rings is 1. The number of likely N-dealkylation sites (tertiary alicyclic amines) is 4. The molecule has 6 aliphatic rings. The highest BCUT2D eigenvalue weighted by atomic mass is 16.6. The van der Waals surface area contributed by atoms with Crippen LogP contribution in [0.25, 0.3) is 0 Å². The van der Waals surface area contributed by atoms with Crippen LogP contribution in [-0.4, -0.2) is 191 Å². The summed E-state index contributed by atoms with van der Waals surface area (Å²) in [5.41, 5.74) is 43.1. The van der Waals surface area contributed by atoms with Crippen molar-refractivity contribution in [1.82, 2.24) is 29.4 Å². The van der Waals surface area contributed by atoms with Crippen molar-refractivity contribution in [3.63, 3.8) is 0 Å². The Labute approximate surface area is 701 Å². The van der Waals surface area contributed by atoms with E-state index >= 15 is 0 Å². The molecule has 6 aromatic carbocycles. The number of piperazine rings is 1. The number of carbonyl (C=O) groups excluding carboxylic acids is 6. The largest absolute Gasteiger partial charge is 0.444 e. The first-order valence-corrected chi connectivity index (χ1v) is 41.5. The van der Waals surface area contributed by atoms with E-state index in [1.807, 2.05) is 256 Å². The Balaban J connectivity index is 0.000000195. The molecule has 6 heterocycles. The van der Waals surface area contributed by atoms with Gasteiger partial charge in [0.15, 0.2) is 0 Å². The van der Waals surface area contributed by atoms with E-state index < -0.39 is 33.6 Å². The summed E-state index contributed by atoms with van der Waals surface area (Å²) in [6, 6.07) is 47.1. The quantitative estimate of drug-likeness (QED) is 0.0666. The number of nitrogen functional groups attached to an aromatic ring is 6. The second-order valence-electron chi connectivity index (χ2n) is 36.9. The molecule has 6 aromatic rings. The van der Waals surface area contributed by atoms with Gasteiger partial charge in [-0.2, -0.15) is 0 Å². The maximum atomic E-state index is 12.2. The number of nitrogens with two attached hydrogens (primary N) is 6. The summed E-state index contributed by atoms with van der Waals surface area (Å²) in [4.78, 5) is 85.3. The Morgan fingerprint density at radius 3 is 0.966 bits per heavy atom. The number of rotatable bonds is 6. The number of amides is 6. The molecule has 0 radical (unpaired) electrons. The van der Waals surface area contributed by atoms with E-state index in [2.05, 4.69) is 29.2 Å². The SMILES string of the molecule is CC(C)(C)OC(=O)N1CCC(c2ccc(N)cc2)C1.CC(C)(C)OC(=O)N1CCC(c2ccc(N)cc2)CC1.CC(C)(C)OC(=O)N1CCCC(c2ccc(N)cc2)C1.CC(C)(C)OC(=O)N1CCCC1c1ccc(N)cc1.CC(C)(C)OC(=O)N1CCN(c2ccc(N)cc2)CC1.CC(C)(C)OC(=O)N1CCOC(c2ccc(N)cc2)C1. The molecule has 118 heavy (non-hydrogen) atoms. The van der Waals surface area contributed by atoms with E-state index in [0.717, 1.165) is 149 Å². The zero-order valence-corrected chi connectivity index (χ0v) is 73.5. The number of anilines is 7. The lowest BCUT2D eigenvalue weighted by Gasteiger charge is -2.36. The molecular weight excluding hydrogens is 1500 g/mol. The number of benzene rings is 6. The predicted molar refractivity (Wildman–Crippen MR) is 471 cm³/mol. The summed E-state index contributed by atoms with van der Waals surface area (Å²) < 4.78 is 38.2. The van der Waals surface area contributed by atoms with Gasteiger partial charge in [-0.05, 0) is 288 Å². The maximum absolute atomic E-state index is 12.2. The molecule has 26 heteroatoms. The normalized spacial score (nSPS) is 18.6. The number of piperidine rings is 2. The third-order valence-corrected chi connectivity index (χ3v) is 19.7. The molecule has 6 amide bonds. The summed E-state index contributed by atoms with van der Waals surface area (Å²) in [5.74, 6) is 1.26. The van der Waals surface area contributed by atoms with Crippen LogP contribution in [0.15, 0.2) is 146 Å². The summed E-state index contributed by atoms with van der Waals surface area (Å²) >= 11 is 0. The van der Waals surface area contributed by atoms with Crippen molar-refractivity contribution in [2.75, 3.05) is 131 Å². The van der Waals surface area contributed by atoms with Gasteiger partial charge in [0.2, 0.25) is 0 Å². The van der Waals surface area contributed by atoms with E-state index in [1.54, 1.807) is 19.6 Å². The lowest BCUT2D eigenvalue weighted by atomic mass is 9.89. The van der Waals surface area contributed by atoms with Crippen molar-refractivity contribution in [3.05, 3.63) is 173 Å². The maximum Gasteiger partial charge on any atom is 0.410 e. The minimum atomic E-state index is -0.480. The summed E-state index contributed by atoms with van der Waals surface area (Å²) in [6.07, 6.45) is 5.51. The molecule has 6 fully saturated rings. The van der Waals surface area contributed by atoms with Crippen LogP contribution in [0.1, 0.15) is 227 Å². The minimum Gasteiger partial charge on any atom is -0.444 e. The lowest BCUT2D eigenvalue weighted by molar-refractivity contribution is -0.0432. The molecule has 0 saturated carbocycles. The average molecular weight is 1630 g/mol. The van der Waals surface area contributed by atoms with Crippen molar-refractivity contribution in [1.29, 1.82) is 0 Å². The van der Waals surface area contributed by atoms with Crippen molar-refractivity contribution < 1.29 is 61.9 Å². The van der Waals surface area contributed by atoms with Crippen molar-refractivity contribution in [2.45, 2.75) is 233 Å². The number of ether oxygens (including phenoxy) is 7. The molecule has 4 atom stereocenters. The number of hydrogen-bond donors (Lipinski definition) is 6. The molecule has 648 valence electrons. The smallest absolute Gasteiger partial charge is 0.410 e. The molecule has 12 rings (SSSR count). The second-order valence-corrected chi connectivity index (χ2v) is 36.9. The third-order valence-electron chi connectivity index (χ3n) is 19.7. The molecule has 4 unspecified atom stereocenters. The first-order valence-electron chi connectivity index (χ1n) is 41.5. The molecule has 6 aliphatic heterocycles. The number of carbonyl (C=O) groups is 6. The van der Waals surface area contributed by atoms with E-state index in [9.17, 15) is 28.8 Å². The Morgan fingerprint density at radius 1 is 0.288 bits per heavy atom. The molecule has 0 aliphatic carbocycles. The number of nitrogens with zero attached hydrogens (tertiary/aromatic N) is 7. The fourth-order valence-electron chi connectivity index (χ4n) is 13.9. The average Bonchev–Trinajstić information content (AvgIpc) is 1.61. The van der Waals surface area contributed by atoms with Gasteiger partial charge in [-0.25, -0.2) is 28.8 Å². The van der Waals surface area contributed by atoms with Crippen molar-refractivity contribution in [3.8, 4) is 0 Å². The van der Waals surface area contributed by atoms with Crippen LogP contribution in [0.2, 0.25) is 0 Å². The molecular formula is C92H137N13O13. The summed E-state index contributed by atoms with van der Waals surface area (Å²) in [5, 5.41) is 0. The van der Waals surface area contributed by atoms with Crippen LogP contribution in [0, 0.1) is 0 Å². The lowest BCUT2D eigenvalue weighted by Crippen LogP contribution is -2.50. The molecule has 0 spiro atoms. The Hall–Kier alpha value is -10.5. The van der Waals surface area contributed by atoms with Crippen LogP contribution in [0.4, 0.5) is 68.6 Å². The van der Waals surface area contributed by atoms with Crippen molar-refractivity contribution in [2.24, 2.45) is 0 Å². The van der Waals surface area contributed by atoms with Crippen LogP contribution in [-0.2, 0) is 33.2 Å². The van der Waals surface area contributed by atoms with Gasteiger partial charge < -0.3 is 102 Å². The van der Waals surface area contributed by atoms with Gasteiger partial charge in [-0.1, -0.05) is 60.7 Å². The van der Waals surface area contributed by atoms with Crippen LogP contribution in [0.5, 0.6) is 0 Å². The van der Waals surface area contributed by atoms with Crippen LogP contribution < -0.4 is 39.3 Å². The van der Waals surface area contributed by atoms with Gasteiger partial charge in [0.25, 0.3) is 0 Å². The zero-order valence-electron chi connectivity index (χ0n) is 73.5. The van der Waals surface area contributed by atoms with Gasteiger partial charge in [-0.3, -0.25) is 0 Å².